The van der Waals surface area contributed by atoms with E-state index in [0.29, 0.717) is 58.8 Å². The Morgan fingerprint density at radius 3 is 2.27 bits per heavy atom. The quantitative estimate of drug-likeness (QED) is 0.0534. The molecule has 0 saturated carbocycles. The standard InChI is InChI=1S/C40H44ClFN4O10/c1-3-51-39(49)34(21-47)43-14-7-15-53-29-10-5-8-26(17-29)30-11-6-9-27(38(30)42)24-55-37-19-36(54-23-25-12-13-32-33(16-25)46-56-45-32)28(18-31(37)41)20-44-35(22-48)40(50)52-4-2/h5-6,8-13,16-19,34-35,43-44,47-48H,3-4,7,14-15,20-24H2,1-2H3/t34-,35-/m1/s1. The first kappa shape index (κ1) is 41.8. The van der Waals surface area contributed by atoms with Gasteiger partial charge in [-0.05, 0) is 78.6 Å². The van der Waals surface area contributed by atoms with Crippen LogP contribution in [0.4, 0.5) is 4.39 Å². The molecular formula is C40H44ClFN4O10. The van der Waals surface area contributed by atoms with Crippen molar-refractivity contribution >= 4 is 34.6 Å². The molecule has 0 spiro atoms. The number of hydrogen-bond acceptors (Lipinski definition) is 14. The Kier molecular flexibility index (Phi) is 15.8. The van der Waals surface area contributed by atoms with E-state index in [1.165, 1.54) is 0 Å². The number of carbonyl (C=O) groups is 2. The highest BCUT2D eigenvalue weighted by molar-refractivity contribution is 6.32. The molecule has 14 nitrogen and oxygen atoms in total. The maximum atomic E-state index is 16.0. The number of nitrogens with one attached hydrogen (secondary N) is 2. The molecule has 0 bridgehead atoms. The van der Waals surface area contributed by atoms with Gasteiger partial charge in [0.1, 0.15) is 59.4 Å². The van der Waals surface area contributed by atoms with Crippen LogP contribution in [0.1, 0.15) is 37.0 Å². The number of benzene rings is 4. The van der Waals surface area contributed by atoms with Crippen LogP contribution in [-0.4, -0.2) is 84.1 Å². The van der Waals surface area contributed by atoms with Crippen molar-refractivity contribution in [1.82, 2.24) is 20.9 Å². The lowest BCUT2D eigenvalue weighted by Gasteiger charge is -2.19. The molecule has 0 aliphatic heterocycles. The van der Waals surface area contributed by atoms with Gasteiger partial charge in [0.25, 0.3) is 0 Å². The molecule has 0 amide bonds. The Labute approximate surface area is 327 Å². The third-order valence-corrected chi connectivity index (χ3v) is 8.76. The van der Waals surface area contributed by atoms with Crippen molar-refractivity contribution < 1.29 is 52.5 Å². The first-order chi connectivity index (χ1) is 27.2. The minimum Gasteiger partial charge on any atom is -0.494 e. The molecule has 0 fully saturated rings. The summed E-state index contributed by atoms with van der Waals surface area (Å²) in [6, 6.07) is 18.8. The molecule has 16 heteroatoms. The zero-order chi connectivity index (χ0) is 39.9. The lowest BCUT2D eigenvalue weighted by atomic mass is 10.0. The van der Waals surface area contributed by atoms with Gasteiger partial charge in [-0.2, -0.15) is 0 Å². The van der Waals surface area contributed by atoms with Crippen LogP contribution in [0, 0.1) is 5.82 Å². The van der Waals surface area contributed by atoms with Crippen LogP contribution < -0.4 is 24.8 Å². The van der Waals surface area contributed by atoms with E-state index < -0.39 is 36.4 Å². The maximum absolute atomic E-state index is 16.0. The molecule has 0 aliphatic rings. The van der Waals surface area contributed by atoms with E-state index in [-0.39, 0.29) is 55.9 Å². The average Bonchev–Trinajstić information content (AvgIpc) is 3.67. The molecule has 4 aromatic carbocycles. The van der Waals surface area contributed by atoms with E-state index in [2.05, 4.69) is 20.9 Å². The number of nitrogens with zero attached hydrogens (tertiary/aromatic N) is 2. The van der Waals surface area contributed by atoms with Gasteiger partial charge in [-0.15, -0.1) is 0 Å². The Morgan fingerprint density at radius 2 is 1.52 bits per heavy atom. The van der Waals surface area contributed by atoms with Gasteiger partial charge >= 0.3 is 11.9 Å². The Bertz CT molecular complexity index is 2070. The van der Waals surface area contributed by atoms with Crippen LogP contribution in [0.5, 0.6) is 17.2 Å². The molecule has 0 saturated heterocycles. The van der Waals surface area contributed by atoms with Gasteiger partial charge in [0.05, 0.1) is 38.1 Å². The van der Waals surface area contributed by atoms with Gasteiger partial charge in [0.2, 0.25) is 0 Å². The molecule has 4 N–H and O–H groups in total. The van der Waals surface area contributed by atoms with Crippen molar-refractivity contribution in [2.75, 3.05) is 39.6 Å². The predicted molar refractivity (Wildman–Crippen MR) is 204 cm³/mol. The van der Waals surface area contributed by atoms with E-state index in [9.17, 15) is 19.8 Å². The van der Waals surface area contributed by atoms with Crippen LogP contribution >= 0.6 is 11.6 Å². The minimum atomic E-state index is -0.978. The van der Waals surface area contributed by atoms with Crippen molar-refractivity contribution in [3.05, 3.63) is 100 Å². The lowest BCUT2D eigenvalue weighted by Crippen LogP contribution is -2.41. The second-order valence-corrected chi connectivity index (χ2v) is 12.8. The van der Waals surface area contributed by atoms with Crippen molar-refractivity contribution in [1.29, 1.82) is 0 Å². The van der Waals surface area contributed by atoms with E-state index >= 15 is 4.39 Å². The first-order valence-corrected chi connectivity index (χ1v) is 18.4. The van der Waals surface area contributed by atoms with Crippen LogP contribution in [-0.2, 0) is 38.8 Å². The topological polar surface area (TPSA) is 184 Å². The number of carbonyl (C=O) groups excluding carboxylic acids is 2. The molecule has 0 aliphatic carbocycles. The van der Waals surface area contributed by atoms with Gasteiger partial charge in [-0.3, -0.25) is 14.9 Å². The molecule has 2 atom stereocenters. The van der Waals surface area contributed by atoms with Gasteiger partial charge < -0.3 is 39.2 Å². The number of fused-ring (bicyclic) bond motifs is 1. The van der Waals surface area contributed by atoms with E-state index in [1.54, 1.807) is 80.6 Å². The Balaban J connectivity index is 1.27. The van der Waals surface area contributed by atoms with Crippen LogP contribution in [0.2, 0.25) is 5.02 Å². The second kappa shape index (κ2) is 21.1. The van der Waals surface area contributed by atoms with Crippen molar-refractivity contribution in [2.24, 2.45) is 0 Å². The lowest BCUT2D eigenvalue weighted by molar-refractivity contribution is -0.147. The molecule has 5 rings (SSSR count). The molecule has 0 radical (unpaired) electrons. The summed E-state index contributed by atoms with van der Waals surface area (Å²) < 4.78 is 48.9. The highest BCUT2D eigenvalue weighted by Crippen LogP contribution is 2.35. The van der Waals surface area contributed by atoms with Crippen LogP contribution in [0.25, 0.3) is 22.2 Å². The van der Waals surface area contributed by atoms with Gasteiger partial charge in [0, 0.05) is 29.3 Å². The molecule has 298 valence electrons. The predicted octanol–water partition coefficient (Wildman–Crippen LogP) is 5.14. The third kappa shape index (κ3) is 11.4. The smallest absolute Gasteiger partial charge is 0.325 e. The highest BCUT2D eigenvalue weighted by atomic mass is 35.5. The Hall–Kier alpha value is -5.32. The SMILES string of the molecule is CCOC(=O)[C@@H](CO)NCCCOc1cccc(-c2cccc(COc3cc(OCc4ccc5nonc5c4)c(CN[C@H](CO)C(=O)OCC)cc3Cl)c2F)c1. The number of aliphatic hydroxyl groups is 2. The minimum absolute atomic E-state index is 0.0849. The monoisotopic (exact) mass is 794 g/mol. The fourth-order valence-electron chi connectivity index (χ4n) is 5.56. The second-order valence-electron chi connectivity index (χ2n) is 12.4. The summed E-state index contributed by atoms with van der Waals surface area (Å²) in [6.45, 7) is 3.67. The Morgan fingerprint density at radius 1 is 0.804 bits per heavy atom. The number of aromatic nitrogens is 2. The zero-order valence-corrected chi connectivity index (χ0v) is 31.7. The van der Waals surface area contributed by atoms with Crippen LogP contribution in [0.3, 0.4) is 0 Å². The van der Waals surface area contributed by atoms with Gasteiger partial charge in [-0.25, -0.2) is 9.02 Å². The van der Waals surface area contributed by atoms with Gasteiger partial charge in [0.15, 0.2) is 0 Å². The summed E-state index contributed by atoms with van der Waals surface area (Å²) in [7, 11) is 0. The molecule has 56 heavy (non-hydrogen) atoms. The molecular weight excluding hydrogens is 751 g/mol. The van der Waals surface area contributed by atoms with E-state index in [0.717, 1.165) is 5.56 Å². The summed E-state index contributed by atoms with van der Waals surface area (Å²) in [6.07, 6.45) is 0.543. The molecule has 1 heterocycles. The molecule has 0 unspecified atom stereocenters. The molecule has 1 aromatic heterocycles. The summed E-state index contributed by atoms with van der Waals surface area (Å²) in [4.78, 5) is 24.2. The first-order valence-electron chi connectivity index (χ1n) is 18.1. The third-order valence-electron chi connectivity index (χ3n) is 8.46. The fraction of sp³-hybridized carbons (Fsp3) is 0.350. The summed E-state index contributed by atoms with van der Waals surface area (Å²) >= 11 is 6.68. The number of hydrogen-bond donors (Lipinski definition) is 4. The maximum Gasteiger partial charge on any atom is 0.325 e. The number of halogens is 2. The van der Waals surface area contributed by atoms with Crippen molar-refractivity contribution in [3.8, 4) is 28.4 Å². The average molecular weight is 795 g/mol. The normalized spacial score (nSPS) is 12.2. The van der Waals surface area contributed by atoms with Gasteiger partial charge in [-0.1, -0.05) is 48.0 Å². The van der Waals surface area contributed by atoms with E-state index in [1.807, 2.05) is 6.07 Å². The zero-order valence-electron chi connectivity index (χ0n) is 31.0. The van der Waals surface area contributed by atoms with E-state index in [4.69, 9.17) is 39.9 Å². The largest absolute Gasteiger partial charge is 0.494 e. The molecule has 5 aromatic rings. The number of esters is 2. The number of rotatable bonds is 22. The van der Waals surface area contributed by atoms with Crippen molar-refractivity contribution in [3.63, 3.8) is 0 Å². The summed E-state index contributed by atoms with van der Waals surface area (Å²) in [5.74, 6) is -0.469. The highest BCUT2D eigenvalue weighted by Gasteiger charge is 2.21. The fourth-order valence-corrected chi connectivity index (χ4v) is 5.80. The summed E-state index contributed by atoms with van der Waals surface area (Å²) in [5, 5.41) is 33.1. The number of ether oxygens (including phenoxy) is 5. The number of aliphatic hydroxyl groups excluding tert-OH is 2. The van der Waals surface area contributed by atoms with Crippen LogP contribution in [0.15, 0.2) is 77.4 Å². The van der Waals surface area contributed by atoms with Crippen molar-refractivity contribution in [2.45, 2.75) is 52.1 Å². The summed E-state index contributed by atoms with van der Waals surface area (Å²) in [5.41, 5.74) is 3.71.